The van der Waals surface area contributed by atoms with E-state index in [9.17, 15) is 18.8 Å². The van der Waals surface area contributed by atoms with Crippen LogP contribution in [0.4, 0.5) is 10.1 Å². The lowest BCUT2D eigenvalue weighted by atomic mass is 10.2. The van der Waals surface area contributed by atoms with E-state index in [0.29, 0.717) is 28.6 Å². The molecular formula is C23H20FN3O3S. The average Bonchev–Trinajstić information content (AvgIpc) is 3.27. The van der Waals surface area contributed by atoms with Crippen LogP contribution in [0, 0.1) is 12.7 Å². The number of para-hydroxylation sites is 1. The Morgan fingerprint density at radius 2 is 1.87 bits per heavy atom. The van der Waals surface area contributed by atoms with Crippen LogP contribution in [0.1, 0.15) is 10.4 Å². The second kappa shape index (κ2) is 8.69. The second-order valence-corrected chi connectivity index (χ2v) is 8.21. The lowest BCUT2D eigenvalue weighted by molar-refractivity contribution is -0.116. The number of halogens is 1. The number of aromatic nitrogens is 2. The van der Waals surface area contributed by atoms with Crippen LogP contribution in [0.15, 0.2) is 69.6 Å². The van der Waals surface area contributed by atoms with Gasteiger partial charge in [0.05, 0.1) is 10.9 Å². The molecule has 0 unspecified atom stereocenters. The largest absolute Gasteiger partial charge is 0.331 e. The Morgan fingerprint density at radius 3 is 2.61 bits per heavy atom. The molecule has 158 valence electrons. The fraction of sp³-hybridized carbons (Fsp3) is 0.174. The summed E-state index contributed by atoms with van der Waals surface area (Å²) in [5.41, 5.74) is 0.534. The number of anilines is 1. The molecule has 0 aliphatic heterocycles. The highest BCUT2D eigenvalue weighted by Gasteiger charge is 2.16. The lowest BCUT2D eigenvalue weighted by Gasteiger charge is -2.14. The van der Waals surface area contributed by atoms with E-state index in [1.807, 2.05) is 17.5 Å². The van der Waals surface area contributed by atoms with Crippen molar-refractivity contribution in [3.8, 4) is 0 Å². The average molecular weight is 437 g/mol. The van der Waals surface area contributed by atoms with E-state index in [1.54, 1.807) is 42.5 Å². The number of carbonyl (C=O) groups excluding carboxylic acids is 1. The summed E-state index contributed by atoms with van der Waals surface area (Å²) in [5, 5.41) is 5.03. The number of hydrogen-bond acceptors (Lipinski definition) is 4. The fourth-order valence-corrected chi connectivity index (χ4v) is 4.20. The highest BCUT2D eigenvalue weighted by molar-refractivity contribution is 7.09. The number of nitrogens with one attached hydrogen (secondary N) is 1. The molecule has 0 aliphatic carbocycles. The summed E-state index contributed by atoms with van der Waals surface area (Å²) in [6.07, 6.45) is 0.548. The Bertz CT molecular complexity index is 1370. The highest BCUT2D eigenvalue weighted by atomic mass is 32.1. The molecule has 0 fully saturated rings. The minimum absolute atomic E-state index is 0.224. The van der Waals surface area contributed by atoms with Crippen LogP contribution in [0.2, 0.25) is 0 Å². The van der Waals surface area contributed by atoms with Crippen LogP contribution >= 0.6 is 11.3 Å². The summed E-state index contributed by atoms with van der Waals surface area (Å²) < 4.78 is 15.8. The van der Waals surface area contributed by atoms with E-state index in [-0.39, 0.29) is 18.6 Å². The number of carbonyl (C=O) groups is 1. The van der Waals surface area contributed by atoms with Gasteiger partial charge in [0, 0.05) is 17.1 Å². The van der Waals surface area contributed by atoms with E-state index >= 15 is 0 Å². The van der Waals surface area contributed by atoms with Crippen molar-refractivity contribution in [2.45, 2.75) is 26.4 Å². The predicted octanol–water partition coefficient (Wildman–Crippen LogP) is 3.55. The zero-order valence-corrected chi connectivity index (χ0v) is 17.6. The second-order valence-electron chi connectivity index (χ2n) is 7.18. The molecule has 0 saturated carbocycles. The molecule has 1 amide bonds. The summed E-state index contributed by atoms with van der Waals surface area (Å²) in [6, 6.07) is 14.7. The molecule has 2 aromatic carbocycles. The quantitative estimate of drug-likeness (QED) is 0.501. The zero-order chi connectivity index (χ0) is 22.0. The highest BCUT2D eigenvalue weighted by Crippen LogP contribution is 2.16. The molecular weight excluding hydrogens is 417 g/mol. The van der Waals surface area contributed by atoms with Gasteiger partial charge in [-0.05, 0) is 60.7 Å². The first-order valence-corrected chi connectivity index (χ1v) is 10.6. The molecule has 4 rings (SSSR count). The SMILES string of the molecule is Cc1cc(F)ccc1NC(=O)Cn1c(=O)n(CCc2cccs2)c(=O)c2ccccc21. The van der Waals surface area contributed by atoms with Gasteiger partial charge in [0.1, 0.15) is 12.4 Å². The molecule has 0 bridgehead atoms. The molecule has 0 radical (unpaired) electrons. The third-order valence-electron chi connectivity index (χ3n) is 5.06. The van der Waals surface area contributed by atoms with Crippen LogP contribution in [0.25, 0.3) is 10.9 Å². The number of hydrogen-bond donors (Lipinski definition) is 1. The Kier molecular flexibility index (Phi) is 5.81. The topological polar surface area (TPSA) is 73.1 Å². The van der Waals surface area contributed by atoms with Gasteiger partial charge in [0.25, 0.3) is 5.56 Å². The number of amides is 1. The summed E-state index contributed by atoms with van der Waals surface area (Å²) in [6.45, 7) is 1.64. The van der Waals surface area contributed by atoms with E-state index in [4.69, 9.17) is 0 Å². The Balaban J connectivity index is 1.69. The third-order valence-corrected chi connectivity index (χ3v) is 5.99. The van der Waals surface area contributed by atoms with Gasteiger partial charge in [-0.3, -0.25) is 18.7 Å². The number of benzene rings is 2. The van der Waals surface area contributed by atoms with Crippen LogP contribution in [0.3, 0.4) is 0 Å². The molecule has 8 heteroatoms. The van der Waals surface area contributed by atoms with Crippen molar-refractivity contribution in [2.75, 3.05) is 5.32 Å². The number of nitrogens with zero attached hydrogens (tertiary/aromatic N) is 2. The first-order valence-electron chi connectivity index (χ1n) is 9.75. The Labute approximate surface area is 181 Å². The van der Waals surface area contributed by atoms with E-state index in [1.165, 1.54) is 27.3 Å². The smallest absolute Gasteiger partial charge is 0.324 e. The molecule has 1 N–H and O–H groups in total. The predicted molar refractivity (Wildman–Crippen MR) is 120 cm³/mol. The van der Waals surface area contributed by atoms with Gasteiger partial charge >= 0.3 is 5.69 Å². The van der Waals surface area contributed by atoms with Crippen LogP contribution in [-0.2, 0) is 24.3 Å². The van der Waals surface area contributed by atoms with Gasteiger partial charge in [0.15, 0.2) is 0 Å². The maximum absolute atomic E-state index is 13.3. The fourth-order valence-electron chi connectivity index (χ4n) is 3.50. The number of rotatable bonds is 6. The maximum Gasteiger partial charge on any atom is 0.331 e. The molecule has 0 aliphatic rings. The normalized spacial score (nSPS) is 11.0. The Hall–Kier alpha value is -3.52. The first kappa shape index (κ1) is 20.7. The summed E-state index contributed by atoms with van der Waals surface area (Å²) in [7, 11) is 0. The van der Waals surface area contributed by atoms with Crippen molar-refractivity contribution < 1.29 is 9.18 Å². The molecule has 2 heterocycles. The van der Waals surface area contributed by atoms with Gasteiger partial charge < -0.3 is 5.32 Å². The molecule has 0 atom stereocenters. The maximum atomic E-state index is 13.3. The monoisotopic (exact) mass is 437 g/mol. The van der Waals surface area contributed by atoms with E-state index in [0.717, 1.165) is 4.88 Å². The summed E-state index contributed by atoms with van der Waals surface area (Å²) in [5.74, 6) is -0.832. The van der Waals surface area contributed by atoms with Crippen LogP contribution in [0.5, 0.6) is 0 Å². The van der Waals surface area contributed by atoms with Gasteiger partial charge in [-0.2, -0.15) is 0 Å². The van der Waals surface area contributed by atoms with Crippen molar-refractivity contribution >= 4 is 33.8 Å². The van der Waals surface area contributed by atoms with Gasteiger partial charge in [-0.1, -0.05) is 18.2 Å². The number of fused-ring (bicyclic) bond motifs is 1. The van der Waals surface area contributed by atoms with Crippen molar-refractivity contribution in [1.29, 1.82) is 0 Å². The van der Waals surface area contributed by atoms with Gasteiger partial charge in [-0.15, -0.1) is 11.3 Å². The van der Waals surface area contributed by atoms with Crippen molar-refractivity contribution in [2.24, 2.45) is 0 Å². The summed E-state index contributed by atoms with van der Waals surface area (Å²) in [4.78, 5) is 39.9. The third kappa shape index (κ3) is 4.34. The van der Waals surface area contributed by atoms with Crippen molar-refractivity contribution in [3.05, 3.63) is 97.1 Å². The molecule has 0 spiro atoms. The standard InChI is InChI=1S/C23H20FN3O3S/c1-15-13-16(24)8-9-19(15)25-21(28)14-27-20-7-3-2-6-18(20)22(29)26(23(27)30)11-10-17-5-4-12-31-17/h2-9,12-13H,10-11,14H2,1H3,(H,25,28). The summed E-state index contributed by atoms with van der Waals surface area (Å²) >= 11 is 1.56. The molecule has 4 aromatic rings. The van der Waals surface area contributed by atoms with Gasteiger partial charge in [-0.25, -0.2) is 9.18 Å². The van der Waals surface area contributed by atoms with Crippen LogP contribution < -0.4 is 16.6 Å². The number of thiophene rings is 1. The lowest BCUT2D eigenvalue weighted by Crippen LogP contribution is -2.42. The van der Waals surface area contributed by atoms with Crippen molar-refractivity contribution in [1.82, 2.24) is 9.13 Å². The van der Waals surface area contributed by atoms with E-state index in [2.05, 4.69) is 5.32 Å². The Morgan fingerprint density at radius 1 is 1.06 bits per heavy atom. The molecule has 31 heavy (non-hydrogen) atoms. The van der Waals surface area contributed by atoms with Crippen molar-refractivity contribution in [3.63, 3.8) is 0 Å². The zero-order valence-electron chi connectivity index (χ0n) is 16.8. The molecule has 6 nitrogen and oxygen atoms in total. The molecule has 0 saturated heterocycles. The van der Waals surface area contributed by atoms with Crippen LogP contribution in [-0.4, -0.2) is 15.0 Å². The van der Waals surface area contributed by atoms with Gasteiger partial charge in [0.2, 0.25) is 5.91 Å². The van der Waals surface area contributed by atoms with E-state index < -0.39 is 17.4 Å². The minimum Gasteiger partial charge on any atom is -0.324 e. The minimum atomic E-state index is -0.536. The molecule has 2 aromatic heterocycles. The first-order chi connectivity index (χ1) is 14.9. The number of aryl methyl sites for hydroxylation is 2.